The quantitative estimate of drug-likeness (QED) is 0.110. The Labute approximate surface area is 204 Å². The molecule has 0 aliphatic heterocycles. The molecule has 0 heterocycles. The summed E-state index contributed by atoms with van der Waals surface area (Å²) in [6.45, 7) is 2.18. The monoisotopic (exact) mass is 509 g/mol. The lowest BCUT2D eigenvalue weighted by Gasteiger charge is -2.27. The SMILES string of the molecule is CCCCCCCCCC(=O)N[C@H](NC(=S)Nc1ccc(C(=O)OC)cc1)C(Cl)(Cl)Cl. The van der Waals surface area contributed by atoms with E-state index >= 15 is 0 Å². The Bertz CT molecular complexity index is 712. The molecule has 10 heteroatoms. The minimum Gasteiger partial charge on any atom is -0.465 e. The van der Waals surface area contributed by atoms with Crippen molar-refractivity contribution in [3.63, 3.8) is 0 Å². The number of carbonyl (C=O) groups excluding carboxylic acids is 2. The Balaban J connectivity index is 2.50. The van der Waals surface area contributed by atoms with E-state index in [2.05, 4.69) is 27.6 Å². The number of hydrogen-bond acceptors (Lipinski definition) is 4. The van der Waals surface area contributed by atoms with Crippen LogP contribution in [-0.2, 0) is 9.53 Å². The van der Waals surface area contributed by atoms with Gasteiger partial charge in [-0.2, -0.15) is 0 Å². The van der Waals surface area contributed by atoms with Crippen LogP contribution in [0.15, 0.2) is 24.3 Å². The number of carbonyl (C=O) groups is 2. The number of unbranched alkanes of at least 4 members (excludes halogenated alkanes) is 6. The highest BCUT2D eigenvalue weighted by molar-refractivity contribution is 7.80. The van der Waals surface area contributed by atoms with Crippen molar-refractivity contribution in [3.8, 4) is 0 Å². The van der Waals surface area contributed by atoms with E-state index in [4.69, 9.17) is 47.0 Å². The molecular formula is C21H30Cl3N3O3S. The molecule has 0 aliphatic carbocycles. The summed E-state index contributed by atoms with van der Waals surface area (Å²) < 4.78 is 2.85. The maximum Gasteiger partial charge on any atom is 0.337 e. The minimum absolute atomic E-state index is 0.151. The number of esters is 1. The van der Waals surface area contributed by atoms with Crippen LogP contribution in [0.25, 0.3) is 0 Å². The lowest BCUT2D eigenvalue weighted by atomic mass is 10.1. The Hall–Kier alpha value is -1.28. The zero-order chi connectivity index (χ0) is 23.3. The number of ether oxygens (including phenoxy) is 1. The molecule has 0 spiro atoms. The molecule has 0 saturated carbocycles. The van der Waals surface area contributed by atoms with E-state index in [0.29, 0.717) is 17.7 Å². The van der Waals surface area contributed by atoms with Crippen LogP contribution in [-0.4, -0.2) is 34.1 Å². The maximum atomic E-state index is 12.3. The molecule has 0 radical (unpaired) electrons. The van der Waals surface area contributed by atoms with Gasteiger partial charge in [-0.25, -0.2) is 4.79 Å². The van der Waals surface area contributed by atoms with Crippen LogP contribution in [0.5, 0.6) is 0 Å². The molecule has 1 atom stereocenters. The van der Waals surface area contributed by atoms with E-state index in [0.717, 1.165) is 19.3 Å². The van der Waals surface area contributed by atoms with Gasteiger partial charge in [0.25, 0.3) is 0 Å². The normalized spacial score (nSPS) is 12.0. The highest BCUT2D eigenvalue weighted by atomic mass is 35.6. The number of halogens is 3. The van der Waals surface area contributed by atoms with Gasteiger partial charge in [0.1, 0.15) is 6.17 Å². The average molecular weight is 511 g/mol. The van der Waals surface area contributed by atoms with E-state index in [-0.39, 0.29) is 11.0 Å². The van der Waals surface area contributed by atoms with Crippen LogP contribution < -0.4 is 16.0 Å². The molecule has 0 fully saturated rings. The first-order valence-corrected chi connectivity index (χ1v) is 11.8. The number of thiocarbonyl (C=S) groups is 1. The van der Waals surface area contributed by atoms with E-state index in [1.807, 2.05) is 0 Å². The fraction of sp³-hybridized carbons (Fsp3) is 0.571. The van der Waals surface area contributed by atoms with Crippen LogP contribution in [0.3, 0.4) is 0 Å². The second kappa shape index (κ2) is 14.7. The molecule has 0 unspecified atom stereocenters. The van der Waals surface area contributed by atoms with Crippen LogP contribution in [0.4, 0.5) is 5.69 Å². The third kappa shape index (κ3) is 11.8. The van der Waals surface area contributed by atoms with Gasteiger partial charge >= 0.3 is 5.97 Å². The molecule has 1 aromatic carbocycles. The fourth-order valence-electron chi connectivity index (χ4n) is 2.78. The number of anilines is 1. The molecule has 1 aromatic rings. The van der Waals surface area contributed by atoms with Crippen molar-refractivity contribution in [2.24, 2.45) is 0 Å². The summed E-state index contributed by atoms with van der Waals surface area (Å²) >= 11 is 23.3. The Morgan fingerprint density at radius 3 is 2.13 bits per heavy atom. The van der Waals surface area contributed by atoms with E-state index < -0.39 is 15.9 Å². The van der Waals surface area contributed by atoms with Crippen molar-refractivity contribution in [3.05, 3.63) is 29.8 Å². The number of hydrogen-bond donors (Lipinski definition) is 3. The van der Waals surface area contributed by atoms with Crippen molar-refractivity contribution in [1.82, 2.24) is 10.6 Å². The Morgan fingerprint density at radius 1 is 1.00 bits per heavy atom. The van der Waals surface area contributed by atoms with Crippen LogP contribution in [0.2, 0.25) is 0 Å². The zero-order valence-corrected chi connectivity index (χ0v) is 20.9. The van der Waals surface area contributed by atoms with Crippen molar-refractivity contribution < 1.29 is 14.3 Å². The molecule has 0 bridgehead atoms. The first-order chi connectivity index (χ1) is 14.7. The van der Waals surface area contributed by atoms with Gasteiger partial charge < -0.3 is 20.7 Å². The summed E-state index contributed by atoms with van der Waals surface area (Å²) in [7, 11) is 1.31. The van der Waals surface area contributed by atoms with Gasteiger partial charge in [-0.1, -0.05) is 80.3 Å². The van der Waals surface area contributed by atoms with E-state index in [1.54, 1.807) is 24.3 Å². The molecular weight excluding hydrogens is 481 g/mol. The van der Waals surface area contributed by atoms with E-state index in [1.165, 1.54) is 32.8 Å². The molecule has 3 N–H and O–H groups in total. The molecule has 6 nitrogen and oxygen atoms in total. The van der Waals surface area contributed by atoms with Gasteiger partial charge in [0, 0.05) is 12.1 Å². The zero-order valence-electron chi connectivity index (χ0n) is 17.8. The largest absolute Gasteiger partial charge is 0.465 e. The minimum atomic E-state index is -1.81. The lowest BCUT2D eigenvalue weighted by molar-refractivity contribution is -0.122. The predicted molar refractivity (Wildman–Crippen MR) is 132 cm³/mol. The first-order valence-electron chi connectivity index (χ1n) is 10.3. The molecule has 1 amide bonds. The van der Waals surface area contributed by atoms with Crippen molar-refractivity contribution in [2.45, 2.75) is 68.2 Å². The smallest absolute Gasteiger partial charge is 0.337 e. The molecule has 0 aromatic heterocycles. The maximum absolute atomic E-state index is 12.3. The molecule has 31 heavy (non-hydrogen) atoms. The van der Waals surface area contributed by atoms with Gasteiger partial charge in [-0.15, -0.1) is 0 Å². The average Bonchev–Trinajstić information content (AvgIpc) is 2.72. The van der Waals surface area contributed by atoms with Gasteiger partial charge in [-0.05, 0) is 42.9 Å². The number of methoxy groups -OCH3 is 1. The van der Waals surface area contributed by atoms with Crippen molar-refractivity contribution in [1.29, 1.82) is 0 Å². The predicted octanol–water partition coefficient (Wildman–Crippen LogP) is 5.71. The van der Waals surface area contributed by atoms with Crippen molar-refractivity contribution in [2.75, 3.05) is 12.4 Å². The standard InChI is InChI=1S/C21H30Cl3N3O3S/c1-3-4-5-6-7-8-9-10-17(28)26-19(21(22,23)24)27-20(31)25-16-13-11-15(12-14-16)18(29)30-2/h11-14,19H,3-10H2,1-2H3,(H,26,28)(H2,25,27,31)/t19-/m1/s1. The number of amides is 1. The molecule has 174 valence electrons. The molecule has 0 saturated heterocycles. The van der Waals surface area contributed by atoms with Gasteiger partial charge in [-0.3, -0.25) is 4.79 Å². The number of nitrogens with one attached hydrogen (secondary N) is 3. The fourth-order valence-corrected chi connectivity index (χ4v) is 3.34. The highest BCUT2D eigenvalue weighted by Crippen LogP contribution is 2.29. The second-order valence-electron chi connectivity index (χ2n) is 7.08. The van der Waals surface area contributed by atoms with Crippen LogP contribution in [0.1, 0.15) is 68.6 Å². The van der Waals surface area contributed by atoms with Gasteiger partial charge in [0.15, 0.2) is 5.11 Å². The first kappa shape index (κ1) is 27.8. The summed E-state index contributed by atoms with van der Waals surface area (Å²) in [5.74, 6) is -0.658. The summed E-state index contributed by atoms with van der Waals surface area (Å²) in [6, 6.07) is 6.49. The van der Waals surface area contributed by atoms with Gasteiger partial charge in [0.2, 0.25) is 9.70 Å². The lowest BCUT2D eigenvalue weighted by Crippen LogP contribution is -2.56. The third-order valence-electron chi connectivity index (χ3n) is 4.48. The molecule has 0 aliphatic rings. The third-order valence-corrected chi connectivity index (χ3v) is 5.35. The number of benzene rings is 1. The second-order valence-corrected chi connectivity index (χ2v) is 9.86. The Morgan fingerprint density at radius 2 is 1.58 bits per heavy atom. The molecule has 1 rings (SSSR count). The van der Waals surface area contributed by atoms with E-state index in [9.17, 15) is 9.59 Å². The summed E-state index contributed by atoms with van der Waals surface area (Å²) in [5.41, 5.74) is 1.02. The summed E-state index contributed by atoms with van der Waals surface area (Å²) in [4.78, 5) is 23.8. The topological polar surface area (TPSA) is 79.5 Å². The summed E-state index contributed by atoms with van der Waals surface area (Å²) in [6.07, 6.45) is 7.11. The number of rotatable bonds is 12. The van der Waals surface area contributed by atoms with Crippen molar-refractivity contribution >= 4 is 69.7 Å². The summed E-state index contributed by atoms with van der Waals surface area (Å²) in [5, 5.41) is 8.56. The number of alkyl halides is 3. The van der Waals surface area contributed by atoms with Crippen LogP contribution >= 0.6 is 47.0 Å². The Kier molecular flexibility index (Phi) is 13.2. The van der Waals surface area contributed by atoms with Gasteiger partial charge in [0.05, 0.1) is 12.7 Å². The van der Waals surface area contributed by atoms with Crippen LogP contribution in [0, 0.1) is 0 Å². The highest BCUT2D eigenvalue weighted by Gasteiger charge is 2.34.